The van der Waals surface area contributed by atoms with Crippen molar-refractivity contribution >= 4 is 11.9 Å². The minimum absolute atomic E-state index is 0.0664. The highest BCUT2D eigenvalue weighted by Gasteiger charge is 2.39. The van der Waals surface area contributed by atoms with Gasteiger partial charge < -0.3 is 15.5 Å². The number of likely N-dealkylation sites (tertiary alicyclic amines) is 1. The first-order valence-corrected chi connectivity index (χ1v) is 8.41. The zero-order valence-corrected chi connectivity index (χ0v) is 13.8. The molecule has 2 heterocycles. The molecule has 0 radical (unpaired) electrons. The smallest absolute Gasteiger partial charge is 0.315 e. The summed E-state index contributed by atoms with van der Waals surface area (Å²) in [5, 5.41) is 10.2. The summed E-state index contributed by atoms with van der Waals surface area (Å²) >= 11 is 0. The lowest BCUT2D eigenvalue weighted by Gasteiger charge is -2.16. The minimum atomic E-state index is -0.205. The highest BCUT2D eigenvalue weighted by atomic mass is 16.2. The molecule has 0 spiro atoms. The molecular weight excluding hydrogens is 294 g/mol. The summed E-state index contributed by atoms with van der Waals surface area (Å²) in [5.74, 6) is 0.164. The molecule has 1 aliphatic heterocycles. The summed E-state index contributed by atoms with van der Waals surface area (Å²) in [6.45, 7) is 5.34. The van der Waals surface area contributed by atoms with E-state index in [-0.39, 0.29) is 18.0 Å². The van der Waals surface area contributed by atoms with Crippen LogP contribution in [0.4, 0.5) is 4.79 Å². The number of hydrogen-bond donors (Lipinski definition) is 2. The number of nitrogens with one attached hydrogen (secondary N) is 2. The van der Waals surface area contributed by atoms with E-state index < -0.39 is 0 Å². The van der Waals surface area contributed by atoms with Gasteiger partial charge in [0.2, 0.25) is 5.91 Å². The minimum Gasteiger partial charge on any atom is -0.338 e. The first-order chi connectivity index (χ1) is 11.0. The highest BCUT2D eigenvalue weighted by Crippen LogP contribution is 2.30. The van der Waals surface area contributed by atoms with Crippen LogP contribution in [0.1, 0.15) is 44.8 Å². The van der Waals surface area contributed by atoms with Gasteiger partial charge in [0.25, 0.3) is 0 Å². The summed E-state index contributed by atoms with van der Waals surface area (Å²) in [7, 11) is 0. The second-order valence-electron chi connectivity index (χ2n) is 6.71. The first kappa shape index (κ1) is 15.8. The summed E-state index contributed by atoms with van der Waals surface area (Å²) in [6, 6.07) is 2.47. The Labute approximate surface area is 136 Å². The Morgan fingerprint density at radius 3 is 2.87 bits per heavy atom. The number of nitrogens with zero attached hydrogens (tertiary/aromatic N) is 3. The van der Waals surface area contributed by atoms with Crippen molar-refractivity contribution in [2.45, 2.75) is 57.7 Å². The lowest BCUT2D eigenvalue weighted by molar-refractivity contribution is -0.128. The fourth-order valence-corrected chi connectivity index (χ4v) is 2.91. The fourth-order valence-electron chi connectivity index (χ4n) is 2.91. The van der Waals surface area contributed by atoms with Crippen molar-refractivity contribution in [3.05, 3.63) is 18.0 Å². The number of amides is 3. The maximum atomic E-state index is 11.9. The number of carbonyl (C=O) groups excluding carboxylic acids is 2. The lowest BCUT2D eigenvalue weighted by atomic mass is 10.2. The Hall–Kier alpha value is -2.05. The normalized spacial score (nSPS) is 21.1. The fraction of sp³-hybridized carbons (Fsp3) is 0.688. The molecule has 0 bridgehead atoms. The molecule has 3 rings (SSSR count). The van der Waals surface area contributed by atoms with E-state index in [1.165, 1.54) is 0 Å². The average molecular weight is 319 g/mol. The largest absolute Gasteiger partial charge is 0.338 e. The molecule has 0 aromatic carbocycles. The molecule has 126 valence electrons. The molecule has 7 heteroatoms. The molecule has 2 aliphatic rings. The standard InChI is InChI=1S/C16H25N5O2/c1-11(2)21-8-6-12(19-21)5-7-17-16(23)18-13-9-15(22)20(10-13)14-3-4-14/h6,8,11,13-14H,3-5,7,9-10H2,1-2H3,(H2,17,18,23). The Morgan fingerprint density at radius 2 is 2.22 bits per heavy atom. The van der Waals surface area contributed by atoms with Crippen LogP contribution in [0, 0.1) is 0 Å². The third kappa shape index (κ3) is 4.03. The van der Waals surface area contributed by atoms with Crippen molar-refractivity contribution in [3.8, 4) is 0 Å². The monoisotopic (exact) mass is 319 g/mol. The Morgan fingerprint density at radius 1 is 1.43 bits per heavy atom. The van der Waals surface area contributed by atoms with Crippen molar-refractivity contribution in [1.82, 2.24) is 25.3 Å². The summed E-state index contributed by atoms with van der Waals surface area (Å²) < 4.78 is 1.91. The molecule has 1 aromatic heterocycles. The van der Waals surface area contributed by atoms with Crippen molar-refractivity contribution in [3.63, 3.8) is 0 Å². The van der Waals surface area contributed by atoms with Crippen LogP contribution >= 0.6 is 0 Å². The van der Waals surface area contributed by atoms with Crippen LogP contribution in [0.2, 0.25) is 0 Å². The van der Waals surface area contributed by atoms with E-state index >= 15 is 0 Å². The quantitative estimate of drug-likeness (QED) is 0.823. The zero-order valence-electron chi connectivity index (χ0n) is 13.8. The van der Waals surface area contributed by atoms with Gasteiger partial charge in [0, 0.05) is 44.2 Å². The van der Waals surface area contributed by atoms with Crippen LogP contribution in [0.25, 0.3) is 0 Å². The predicted molar refractivity (Wildman–Crippen MR) is 86.0 cm³/mol. The number of hydrogen-bond acceptors (Lipinski definition) is 3. The second kappa shape index (κ2) is 6.60. The van der Waals surface area contributed by atoms with Crippen LogP contribution in [0.3, 0.4) is 0 Å². The Kier molecular flexibility index (Phi) is 4.54. The molecule has 1 saturated carbocycles. The van der Waals surface area contributed by atoms with E-state index in [0.717, 1.165) is 18.5 Å². The van der Waals surface area contributed by atoms with Crippen molar-refractivity contribution < 1.29 is 9.59 Å². The molecule has 1 atom stereocenters. The Balaban J connectivity index is 1.37. The number of rotatable bonds is 6. The SMILES string of the molecule is CC(C)n1ccc(CCNC(=O)NC2CC(=O)N(C3CC3)C2)n1. The lowest BCUT2D eigenvalue weighted by Crippen LogP contribution is -2.44. The summed E-state index contributed by atoms with van der Waals surface area (Å²) in [4.78, 5) is 25.7. The van der Waals surface area contributed by atoms with Crippen LogP contribution in [0.5, 0.6) is 0 Å². The zero-order chi connectivity index (χ0) is 16.4. The molecule has 3 amide bonds. The van der Waals surface area contributed by atoms with Gasteiger partial charge in [-0.05, 0) is 32.8 Å². The molecule has 2 fully saturated rings. The predicted octanol–water partition coefficient (Wildman–Crippen LogP) is 1.07. The van der Waals surface area contributed by atoms with E-state index in [2.05, 4.69) is 29.6 Å². The van der Waals surface area contributed by atoms with Gasteiger partial charge in [-0.15, -0.1) is 0 Å². The Bertz CT molecular complexity index is 579. The van der Waals surface area contributed by atoms with Gasteiger partial charge in [-0.1, -0.05) is 0 Å². The van der Waals surface area contributed by atoms with Crippen LogP contribution in [-0.4, -0.2) is 51.8 Å². The molecule has 1 saturated heterocycles. The molecular formula is C16H25N5O2. The first-order valence-electron chi connectivity index (χ1n) is 8.41. The average Bonchev–Trinajstić information content (AvgIpc) is 3.10. The molecule has 23 heavy (non-hydrogen) atoms. The molecule has 1 aromatic rings. The van der Waals surface area contributed by atoms with Gasteiger partial charge >= 0.3 is 6.03 Å². The van der Waals surface area contributed by atoms with E-state index in [1.54, 1.807) is 0 Å². The summed E-state index contributed by atoms with van der Waals surface area (Å²) in [5.41, 5.74) is 0.968. The van der Waals surface area contributed by atoms with Crippen LogP contribution in [-0.2, 0) is 11.2 Å². The summed E-state index contributed by atoms with van der Waals surface area (Å²) in [6.07, 6.45) is 5.28. The van der Waals surface area contributed by atoms with Crippen LogP contribution in [0.15, 0.2) is 12.3 Å². The van der Waals surface area contributed by atoms with E-state index in [4.69, 9.17) is 0 Å². The van der Waals surface area contributed by atoms with Gasteiger partial charge in [0.1, 0.15) is 0 Å². The van der Waals surface area contributed by atoms with Gasteiger partial charge in [0.05, 0.1) is 11.7 Å². The van der Waals surface area contributed by atoms with E-state index in [0.29, 0.717) is 38.0 Å². The topological polar surface area (TPSA) is 79.3 Å². The van der Waals surface area contributed by atoms with Gasteiger partial charge in [0.15, 0.2) is 0 Å². The van der Waals surface area contributed by atoms with Crippen molar-refractivity contribution in [2.75, 3.05) is 13.1 Å². The number of carbonyl (C=O) groups is 2. The highest BCUT2D eigenvalue weighted by molar-refractivity contribution is 5.82. The van der Waals surface area contributed by atoms with Crippen LogP contribution < -0.4 is 10.6 Å². The molecule has 7 nitrogen and oxygen atoms in total. The number of aromatic nitrogens is 2. The van der Waals surface area contributed by atoms with E-state index in [1.807, 2.05) is 21.8 Å². The van der Waals surface area contributed by atoms with Gasteiger partial charge in [-0.25, -0.2) is 4.79 Å². The third-order valence-electron chi connectivity index (χ3n) is 4.34. The molecule has 1 aliphatic carbocycles. The number of urea groups is 1. The van der Waals surface area contributed by atoms with Gasteiger partial charge in [-0.3, -0.25) is 9.48 Å². The van der Waals surface area contributed by atoms with Crippen molar-refractivity contribution in [1.29, 1.82) is 0 Å². The maximum absolute atomic E-state index is 11.9. The molecule has 1 unspecified atom stereocenters. The molecule has 2 N–H and O–H groups in total. The maximum Gasteiger partial charge on any atom is 0.315 e. The van der Waals surface area contributed by atoms with Crippen molar-refractivity contribution in [2.24, 2.45) is 0 Å². The van der Waals surface area contributed by atoms with Gasteiger partial charge in [-0.2, -0.15) is 5.10 Å². The third-order valence-corrected chi connectivity index (χ3v) is 4.34. The second-order valence-corrected chi connectivity index (χ2v) is 6.71. The van der Waals surface area contributed by atoms with E-state index in [9.17, 15) is 9.59 Å².